The van der Waals surface area contributed by atoms with Gasteiger partial charge in [-0.15, -0.1) is 0 Å². The van der Waals surface area contributed by atoms with Crippen LogP contribution in [-0.4, -0.2) is 23.2 Å². The number of aliphatic imine (C=N–C) groups is 2. The molecule has 2 aromatic carbocycles. The van der Waals surface area contributed by atoms with Gasteiger partial charge in [-0.1, -0.05) is 38.1 Å². The molecule has 2 aromatic rings. The molecular weight excluding hydrogens is 300 g/mol. The first-order chi connectivity index (χ1) is 11.6. The van der Waals surface area contributed by atoms with Crippen LogP contribution >= 0.6 is 0 Å². The van der Waals surface area contributed by atoms with Gasteiger partial charge in [0.05, 0.1) is 17.9 Å². The number of phenols is 1. The first kappa shape index (κ1) is 14.8. The Balaban J connectivity index is 1.63. The maximum absolute atomic E-state index is 9.61. The number of rotatable bonds is 3. The summed E-state index contributed by atoms with van der Waals surface area (Å²) in [7, 11) is 0. The minimum Gasteiger partial charge on any atom is -0.508 e. The molecule has 2 aliphatic heterocycles. The zero-order valence-electron chi connectivity index (χ0n) is 13.6. The number of amidine groups is 1. The lowest BCUT2D eigenvalue weighted by molar-refractivity contribution is 0.475. The monoisotopic (exact) mass is 318 g/mol. The molecule has 0 aliphatic carbocycles. The molecule has 120 valence electrons. The van der Waals surface area contributed by atoms with Gasteiger partial charge in [0.15, 0.2) is 5.84 Å². The summed E-state index contributed by atoms with van der Waals surface area (Å²) >= 11 is 0. The molecule has 0 saturated carbocycles. The Morgan fingerprint density at radius 1 is 1.08 bits per heavy atom. The third-order valence-electron chi connectivity index (χ3n) is 4.33. The molecule has 4 rings (SSSR count). The van der Waals surface area contributed by atoms with Crippen LogP contribution in [0, 0.1) is 5.92 Å². The molecule has 5 heteroatoms. The number of aromatic hydroxyl groups is 1. The van der Waals surface area contributed by atoms with E-state index in [1.54, 1.807) is 18.2 Å². The molecule has 0 bridgehead atoms. The van der Waals surface area contributed by atoms with Crippen LogP contribution in [0.5, 0.6) is 5.75 Å². The highest BCUT2D eigenvalue weighted by atomic mass is 16.3. The molecule has 0 saturated heterocycles. The Morgan fingerprint density at radius 2 is 1.96 bits per heavy atom. The number of nitrogens with zero attached hydrogens (tertiary/aromatic N) is 4. The highest BCUT2D eigenvalue weighted by Gasteiger charge is 2.24. The third kappa shape index (κ3) is 2.52. The number of hydrogen-bond donors (Lipinski definition) is 1. The van der Waals surface area contributed by atoms with Gasteiger partial charge in [-0.25, -0.2) is 4.99 Å². The van der Waals surface area contributed by atoms with Crippen molar-refractivity contribution >= 4 is 17.2 Å². The van der Waals surface area contributed by atoms with Gasteiger partial charge in [0, 0.05) is 16.7 Å². The first-order valence-corrected chi connectivity index (χ1v) is 8.08. The van der Waals surface area contributed by atoms with E-state index in [1.807, 2.05) is 12.1 Å². The van der Waals surface area contributed by atoms with Crippen molar-refractivity contribution < 1.29 is 5.11 Å². The molecule has 0 fully saturated rings. The van der Waals surface area contributed by atoms with Gasteiger partial charge < -0.3 is 5.11 Å². The fourth-order valence-corrected chi connectivity index (χ4v) is 3.04. The number of fused-ring (bicyclic) bond motifs is 1. The number of benzene rings is 2. The van der Waals surface area contributed by atoms with E-state index in [-0.39, 0.29) is 11.8 Å². The molecule has 24 heavy (non-hydrogen) atoms. The normalized spacial score (nSPS) is 18.7. The molecule has 1 unspecified atom stereocenters. The zero-order valence-corrected chi connectivity index (χ0v) is 13.6. The van der Waals surface area contributed by atoms with Gasteiger partial charge in [-0.05, 0) is 24.1 Å². The number of phenolic OH excluding ortho intramolecular Hbond substituents is 1. The minimum absolute atomic E-state index is 0.152. The molecule has 0 spiro atoms. The van der Waals surface area contributed by atoms with Crippen LogP contribution in [0.1, 0.15) is 36.6 Å². The summed E-state index contributed by atoms with van der Waals surface area (Å²) in [5.74, 6) is 1.31. The van der Waals surface area contributed by atoms with E-state index in [4.69, 9.17) is 0 Å². The van der Waals surface area contributed by atoms with E-state index in [1.165, 1.54) is 5.56 Å². The summed E-state index contributed by atoms with van der Waals surface area (Å²) in [5.41, 5.74) is 4.88. The molecule has 0 amide bonds. The Hall–Kier alpha value is -2.82. The van der Waals surface area contributed by atoms with E-state index in [2.05, 4.69) is 46.2 Å². The van der Waals surface area contributed by atoms with Crippen LogP contribution in [0.2, 0.25) is 0 Å². The molecule has 2 heterocycles. The predicted molar refractivity (Wildman–Crippen MR) is 94.6 cm³/mol. The van der Waals surface area contributed by atoms with Crippen molar-refractivity contribution in [3.05, 3.63) is 59.2 Å². The van der Waals surface area contributed by atoms with E-state index in [9.17, 15) is 5.11 Å². The molecule has 0 radical (unpaired) electrons. The van der Waals surface area contributed by atoms with Crippen LogP contribution in [0.25, 0.3) is 0 Å². The van der Waals surface area contributed by atoms with E-state index < -0.39 is 0 Å². The largest absolute Gasteiger partial charge is 0.508 e. The molecule has 5 nitrogen and oxygen atoms in total. The second-order valence-electron chi connectivity index (χ2n) is 6.43. The van der Waals surface area contributed by atoms with Crippen LogP contribution < -0.4 is 0 Å². The van der Waals surface area contributed by atoms with Crippen LogP contribution in [-0.2, 0) is 0 Å². The number of azo groups is 1. The first-order valence-electron chi connectivity index (χ1n) is 8.08. The summed E-state index contributed by atoms with van der Waals surface area (Å²) < 4.78 is 0. The van der Waals surface area contributed by atoms with Crippen molar-refractivity contribution in [2.45, 2.75) is 19.9 Å². The topological polar surface area (TPSA) is 69.7 Å². The summed E-state index contributed by atoms with van der Waals surface area (Å²) in [6.07, 6.45) is 0. The summed E-state index contributed by atoms with van der Waals surface area (Å²) in [6.45, 7) is 4.85. The van der Waals surface area contributed by atoms with Crippen molar-refractivity contribution in [3.8, 4) is 5.75 Å². The SMILES string of the molecule is CC(C)C1N=Nc2cc(C3=NC(c4cccc(O)c4)=NC3)ccc21. The fraction of sp³-hybridized carbons (Fsp3) is 0.263. The maximum atomic E-state index is 9.61. The predicted octanol–water partition coefficient (Wildman–Crippen LogP) is 4.44. The lowest BCUT2D eigenvalue weighted by Gasteiger charge is -2.11. The van der Waals surface area contributed by atoms with Crippen molar-refractivity contribution in [3.63, 3.8) is 0 Å². The van der Waals surface area contributed by atoms with E-state index in [0.29, 0.717) is 18.3 Å². The van der Waals surface area contributed by atoms with Crippen molar-refractivity contribution in [1.82, 2.24) is 0 Å². The second kappa shape index (κ2) is 5.67. The Morgan fingerprint density at radius 3 is 2.75 bits per heavy atom. The zero-order chi connectivity index (χ0) is 16.7. The van der Waals surface area contributed by atoms with E-state index >= 15 is 0 Å². The lowest BCUT2D eigenvalue weighted by Crippen LogP contribution is -2.04. The molecule has 1 N–H and O–H groups in total. The van der Waals surface area contributed by atoms with E-state index in [0.717, 1.165) is 22.5 Å². The molecule has 2 aliphatic rings. The van der Waals surface area contributed by atoms with Gasteiger partial charge in [-0.3, -0.25) is 4.99 Å². The maximum Gasteiger partial charge on any atom is 0.155 e. The third-order valence-corrected chi connectivity index (χ3v) is 4.33. The summed E-state index contributed by atoms with van der Waals surface area (Å²) in [5, 5.41) is 18.3. The van der Waals surface area contributed by atoms with Crippen molar-refractivity contribution in [2.75, 3.05) is 6.54 Å². The number of hydrogen-bond acceptors (Lipinski definition) is 5. The minimum atomic E-state index is 0.152. The van der Waals surface area contributed by atoms with Crippen molar-refractivity contribution in [1.29, 1.82) is 0 Å². The van der Waals surface area contributed by atoms with Gasteiger partial charge in [0.1, 0.15) is 11.8 Å². The van der Waals surface area contributed by atoms with Gasteiger partial charge in [0.25, 0.3) is 0 Å². The lowest BCUT2D eigenvalue weighted by atomic mass is 9.95. The Labute approximate surface area is 140 Å². The van der Waals surface area contributed by atoms with Crippen LogP contribution in [0.3, 0.4) is 0 Å². The Bertz CT molecular complexity index is 896. The van der Waals surface area contributed by atoms with Crippen molar-refractivity contribution in [2.24, 2.45) is 26.1 Å². The standard InChI is InChI=1S/C19H18N4O/c1-11(2)18-15-7-6-12(9-16(15)22-23-18)17-10-20-19(21-17)13-4-3-5-14(24)8-13/h3-9,11,18,24H,10H2,1-2H3. The second-order valence-corrected chi connectivity index (χ2v) is 6.43. The molecular formula is C19H18N4O. The van der Waals surface area contributed by atoms with Crippen LogP contribution in [0.4, 0.5) is 5.69 Å². The highest BCUT2D eigenvalue weighted by Crippen LogP contribution is 2.40. The summed E-state index contributed by atoms with van der Waals surface area (Å²) in [6, 6.07) is 13.4. The van der Waals surface area contributed by atoms with Gasteiger partial charge >= 0.3 is 0 Å². The van der Waals surface area contributed by atoms with Crippen LogP contribution in [0.15, 0.2) is 62.7 Å². The fourth-order valence-electron chi connectivity index (χ4n) is 3.04. The quantitative estimate of drug-likeness (QED) is 0.893. The smallest absolute Gasteiger partial charge is 0.155 e. The molecule has 0 aromatic heterocycles. The average molecular weight is 318 g/mol. The summed E-state index contributed by atoms with van der Waals surface area (Å²) in [4.78, 5) is 9.12. The highest BCUT2D eigenvalue weighted by molar-refractivity contribution is 6.17. The Kier molecular flexibility index (Phi) is 3.49. The molecule has 1 atom stereocenters. The van der Waals surface area contributed by atoms with Gasteiger partial charge in [0.2, 0.25) is 0 Å². The average Bonchev–Trinajstić information content (AvgIpc) is 3.21. The van der Waals surface area contributed by atoms with Gasteiger partial charge in [-0.2, -0.15) is 10.2 Å².